The molecule has 28 heavy (non-hydrogen) atoms. The van der Waals surface area contributed by atoms with Crippen LogP contribution in [0.2, 0.25) is 0 Å². The molecule has 0 aliphatic carbocycles. The molecule has 0 aromatic heterocycles. The van der Waals surface area contributed by atoms with Crippen LogP contribution in [0.4, 0.5) is 0 Å². The van der Waals surface area contributed by atoms with Gasteiger partial charge in [-0.2, -0.15) is 16.8 Å². The zero-order chi connectivity index (χ0) is 21.2. The summed E-state index contributed by atoms with van der Waals surface area (Å²) in [6.07, 6.45) is 0. The average molecular weight is 433 g/mol. The summed E-state index contributed by atoms with van der Waals surface area (Å²) in [6, 6.07) is 12.3. The van der Waals surface area contributed by atoms with Crippen molar-refractivity contribution in [1.82, 2.24) is 0 Å². The average Bonchev–Trinajstić information content (AvgIpc) is 2.66. The van der Waals surface area contributed by atoms with Crippen molar-refractivity contribution < 1.29 is 35.4 Å². The molecule has 156 valence electrons. The molecule has 0 unspecified atom stereocenters. The van der Waals surface area contributed by atoms with E-state index in [4.69, 9.17) is 18.6 Å². The van der Waals surface area contributed by atoms with E-state index in [2.05, 4.69) is 0 Å². The van der Waals surface area contributed by atoms with Crippen molar-refractivity contribution in [2.45, 2.75) is 23.6 Å². The van der Waals surface area contributed by atoms with E-state index in [0.29, 0.717) is 0 Å². The number of benzene rings is 2. The summed E-state index contributed by atoms with van der Waals surface area (Å²) in [5.74, 6) is 0. The summed E-state index contributed by atoms with van der Waals surface area (Å²) in [5.41, 5.74) is 1.84. The zero-order valence-corrected chi connectivity index (χ0v) is 17.2. The molecule has 0 fully saturated rings. The molecule has 0 amide bonds. The van der Waals surface area contributed by atoms with E-state index in [1.165, 1.54) is 24.3 Å². The molecule has 2 rings (SSSR count). The highest BCUT2D eigenvalue weighted by Crippen LogP contribution is 2.15. The van der Waals surface area contributed by atoms with Gasteiger partial charge in [0, 0.05) is 0 Å². The van der Waals surface area contributed by atoms with E-state index in [0.717, 1.165) is 11.1 Å². The third-order valence-corrected chi connectivity index (χ3v) is 5.93. The lowest BCUT2D eigenvalue weighted by atomic mass is 10.2. The Morgan fingerprint density at radius 1 is 0.643 bits per heavy atom. The Labute approximate surface area is 165 Å². The lowest BCUT2D eigenvalue weighted by molar-refractivity contribution is 0.186. The monoisotopic (exact) mass is 432 g/mol. The van der Waals surface area contributed by atoms with Crippen molar-refractivity contribution in [2.75, 3.05) is 26.4 Å². The Bertz CT molecular complexity index is 839. The Morgan fingerprint density at radius 3 is 1.18 bits per heavy atom. The van der Waals surface area contributed by atoms with E-state index in [1.807, 2.05) is 13.8 Å². The lowest BCUT2D eigenvalue weighted by Crippen LogP contribution is -2.15. The predicted octanol–water partition coefficient (Wildman–Crippen LogP) is 1.39. The molecular weight excluding hydrogens is 408 g/mol. The maximum atomic E-state index is 11.9. The van der Waals surface area contributed by atoms with Gasteiger partial charge in [-0.05, 0) is 38.1 Å². The van der Waals surface area contributed by atoms with Crippen LogP contribution in [0, 0.1) is 13.8 Å². The van der Waals surface area contributed by atoms with Gasteiger partial charge in [0.25, 0.3) is 20.2 Å². The normalized spacial score (nSPS) is 11.6. The first-order valence-corrected chi connectivity index (χ1v) is 11.1. The summed E-state index contributed by atoms with van der Waals surface area (Å²) in [7, 11) is -7.88. The fraction of sp³-hybridized carbons (Fsp3) is 0.333. The van der Waals surface area contributed by atoms with Crippen LogP contribution in [0.1, 0.15) is 11.1 Å². The van der Waals surface area contributed by atoms with Crippen molar-refractivity contribution in [3.8, 4) is 0 Å². The minimum absolute atomic E-state index is 0.00879. The second-order valence-electron chi connectivity index (χ2n) is 5.63. The summed E-state index contributed by atoms with van der Waals surface area (Å²) < 4.78 is 57.4. The largest absolute Gasteiger partial charge is 0.394 e. The number of aliphatic hydroxyl groups excluding tert-OH is 2. The molecule has 0 heterocycles. The van der Waals surface area contributed by atoms with Gasteiger partial charge in [-0.3, -0.25) is 8.37 Å². The molecule has 10 heteroatoms. The van der Waals surface area contributed by atoms with E-state index in [-0.39, 0.29) is 23.0 Å². The first kappa shape index (κ1) is 24.2. The molecule has 8 nitrogen and oxygen atoms in total. The summed E-state index contributed by atoms with van der Waals surface area (Å²) >= 11 is 0. The molecule has 0 aliphatic rings. The molecule has 2 N–H and O–H groups in total. The van der Waals surface area contributed by atoms with Crippen molar-refractivity contribution in [1.29, 1.82) is 0 Å². The predicted molar refractivity (Wildman–Crippen MR) is 103 cm³/mol. The number of hydrogen-bond donors (Lipinski definition) is 2. The van der Waals surface area contributed by atoms with Crippen LogP contribution in [0.25, 0.3) is 0 Å². The maximum absolute atomic E-state index is 11.9. The standard InChI is InChI=1S/C16H18O6S2.C2H6O2/c1-13-3-7-15(8-4-13)23(17,18)21-11-12-22-24(19,20)16-9-5-14(2)6-10-16;3-1-2-4/h3-10H,11-12H2,1-2H3;3-4H,1-2H2. The Morgan fingerprint density at radius 2 is 0.929 bits per heavy atom. The first-order valence-electron chi connectivity index (χ1n) is 8.26. The minimum Gasteiger partial charge on any atom is -0.394 e. The van der Waals surface area contributed by atoms with Gasteiger partial charge in [0.05, 0.1) is 36.2 Å². The summed E-state index contributed by atoms with van der Waals surface area (Å²) in [6.45, 7) is 2.62. The van der Waals surface area contributed by atoms with E-state index in [1.54, 1.807) is 24.3 Å². The number of hydrogen-bond acceptors (Lipinski definition) is 8. The van der Waals surface area contributed by atoms with Crippen LogP contribution in [0.5, 0.6) is 0 Å². The number of aryl methyl sites for hydroxylation is 2. The Balaban J connectivity index is 0.000000892. The van der Waals surface area contributed by atoms with E-state index in [9.17, 15) is 16.8 Å². The minimum atomic E-state index is -3.94. The quantitative estimate of drug-likeness (QED) is 0.473. The first-order chi connectivity index (χ1) is 13.1. The SMILES string of the molecule is Cc1ccc(S(=O)(=O)OCCOS(=O)(=O)c2ccc(C)cc2)cc1.OCCO. The zero-order valence-electron chi connectivity index (χ0n) is 15.6. The highest BCUT2D eigenvalue weighted by Gasteiger charge is 2.17. The van der Waals surface area contributed by atoms with Crippen LogP contribution >= 0.6 is 0 Å². The van der Waals surface area contributed by atoms with Crippen LogP contribution in [-0.2, 0) is 28.6 Å². The van der Waals surface area contributed by atoms with Crippen LogP contribution < -0.4 is 0 Å². The maximum Gasteiger partial charge on any atom is 0.297 e. The van der Waals surface area contributed by atoms with Crippen LogP contribution in [0.15, 0.2) is 58.3 Å². The number of rotatable bonds is 8. The van der Waals surface area contributed by atoms with E-state index >= 15 is 0 Å². The third kappa shape index (κ3) is 8.05. The van der Waals surface area contributed by atoms with Gasteiger partial charge in [-0.25, -0.2) is 0 Å². The number of aliphatic hydroxyl groups is 2. The Kier molecular flexibility index (Phi) is 9.73. The highest BCUT2D eigenvalue weighted by molar-refractivity contribution is 7.87. The molecule has 0 radical (unpaired) electrons. The molecule has 2 aromatic carbocycles. The molecule has 0 bridgehead atoms. The van der Waals surface area contributed by atoms with Crippen molar-refractivity contribution >= 4 is 20.2 Å². The molecular formula is C18H24O8S2. The molecule has 0 saturated carbocycles. The van der Waals surface area contributed by atoms with Gasteiger partial charge in [0.2, 0.25) is 0 Å². The second kappa shape index (κ2) is 11.2. The molecule has 0 atom stereocenters. The van der Waals surface area contributed by atoms with Crippen LogP contribution in [0.3, 0.4) is 0 Å². The molecule has 2 aromatic rings. The van der Waals surface area contributed by atoms with Gasteiger partial charge < -0.3 is 10.2 Å². The summed E-state index contributed by atoms with van der Waals surface area (Å²) in [5, 5.41) is 15.2. The van der Waals surface area contributed by atoms with Crippen molar-refractivity contribution in [3.63, 3.8) is 0 Å². The molecule has 0 aliphatic heterocycles. The Hall–Kier alpha value is -1.82. The summed E-state index contributed by atoms with van der Waals surface area (Å²) in [4.78, 5) is 0.0176. The smallest absolute Gasteiger partial charge is 0.297 e. The van der Waals surface area contributed by atoms with Gasteiger partial charge in [0.1, 0.15) is 0 Å². The van der Waals surface area contributed by atoms with Gasteiger partial charge in [0.15, 0.2) is 0 Å². The molecule has 0 saturated heterocycles. The fourth-order valence-electron chi connectivity index (χ4n) is 1.83. The molecule has 0 spiro atoms. The topological polar surface area (TPSA) is 127 Å². The van der Waals surface area contributed by atoms with Gasteiger partial charge in [-0.1, -0.05) is 35.4 Å². The highest BCUT2D eigenvalue weighted by atomic mass is 32.2. The lowest BCUT2D eigenvalue weighted by Gasteiger charge is -2.08. The van der Waals surface area contributed by atoms with Gasteiger partial charge in [-0.15, -0.1) is 0 Å². The van der Waals surface area contributed by atoms with Crippen molar-refractivity contribution in [2.24, 2.45) is 0 Å². The van der Waals surface area contributed by atoms with Gasteiger partial charge >= 0.3 is 0 Å². The fourth-order valence-corrected chi connectivity index (χ4v) is 3.62. The third-order valence-electron chi connectivity index (χ3n) is 3.28. The van der Waals surface area contributed by atoms with Crippen LogP contribution in [-0.4, -0.2) is 53.5 Å². The second-order valence-corrected chi connectivity index (χ2v) is 8.86. The van der Waals surface area contributed by atoms with Crippen molar-refractivity contribution in [3.05, 3.63) is 59.7 Å². The van der Waals surface area contributed by atoms with E-state index < -0.39 is 33.5 Å².